The van der Waals surface area contributed by atoms with E-state index in [1.54, 1.807) is 27.0 Å². The minimum atomic E-state index is -2.53. The SMILES string of the molecule is C=CCC1/C=C(\C)CC(C)CC(OC)C2OC(O)(C(=O)C(=O)N3CCCCC3C(=O)OC(C(C)=CC3CCC(O[Si](C)(C)C(C)(C)C)C(OC)C3)C(C)C(OC(C)=O)CC1=O)C(C)CC2OC. The van der Waals surface area contributed by atoms with Crippen LogP contribution in [0.25, 0.3) is 0 Å². The number of hydrogen-bond donors (Lipinski definition) is 1. The smallest absolute Gasteiger partial charge is 0.329 e. The van der Waals surface area contributed by atoms with Crippen LogP contribution in [0.4, 0.5) is 0 Å². The Morgan fingerprint density at radius 3 is 2.15 bits per heavy atom. The van der Waals surface area contributed by atoms with Gasteiger partial charge in [0.25, 0.3) is 11.7 Å². The van der Waals surface area contributed by atoms with Crippen LogP contribution in [-0.2, 0) is 56.8 Å². The van der Waals surface area contributed by atoms with E-state index in [-0.39, 0.29) is 60.7 Å². The van der Waals surface area contributed by atoms with Gasteiger partial charge in [-0.1, -0.05) is 65.3 Å². The Kier molecular flexibility index (Phi) is 20.4. The Balaban J connectivity index is 1.82. The molecule has 2 saturated heterocycles. The molecule has 3 heterocycles. The monoisotopic (exact) mass is 960 g/mol. The molecule has 1 N–H and O–H groups in total. The second kappa shape index (κ2) is 24.2. The van der Waals surface area contributed by atoms with Crippen LogP contribution in [-0.4, -0.2) is 130 Å². The van der Waals surface area contributed by atoms with Crippen LogP contribution < -0.4 is 0 Å². The van der Waals surface area contributed by atoms with Gasteiger partial charge in [-0.15, -0.1) is 6.58 Å². The van der Waals surface area contributed by atoms with E-state index < -0.39 is 92.0 Å². The number of cyclic esters (lactones) is 1. The van der Waals surface area contributed by atoms with Gasteiger partial charge in [-0.2, -0.15) is 0 Å². The molecule has 3 aliphatic heterocycles. The van der Waals surface area contributed by atoms with E-state index in [0.29, 0.717) is 44.1 Å². The van der Waals surface area contributed by atoms with Crippen molar-refractivity contribution in [3.8, 4) is 0 Å². The van der Waals surface area contributed by atoms with Crippen LogP contribution >= 0.6 is 0 Å². The molecule has 0 aromatic carbocycles. The molecule has 14 nitrogen and oxygen atoms in total. The van der Waals surface area contributed by atoms with Gasteiger partial charge in [-0.25, -0.2) is 4.79 Å². The van der Waals surface area contributed by atoms with Crippen molar-refractivity contribution < 1.29 is 61.9 Å². The fourth-order valence-corrected chi connectivity index (χ4v) is 11.8. The van der Waals surface area contributed by atoms with Crippen LogP contribution in [0, 0.1) is 29.6 Å². The summed E-state index contributed by atoms with van der Waals surface area (Å²) in [6.07, 6.45) is 6.33. The summed E-state index contributed by atoms with van der Waals surface area (Å²) >= 11 is 0. The first-order valence-corrected chi connectivity index (χ1v) is 27.6. The molecule has 67 heavy (non-hydrogen) atoms. The Morgan fingerprint density at radius 1 is 0.910 bits per heavy atom. The van der Waals surface area contributed by atoms with E-state index >= 15 is 0 Å². The summed E-state index contributed by atoms with van der Waals surface area (Å²) in [5.74, 6) is -8.37. The first-order chi connectivity index (χ1) is 31.3. The molecule has 0 radical (unpaired) electrons. The topological polar surface area (TPSA) is 173 Å². The summed E-state index contributed by atoms with van der Waals surface area (Å²) < 4.78 is 43.5. The number of fused-ring (bicyclic) bond motifs is 3. The molecule has 15 heteroatoms. The number of hydrogen-bond acceptors (Lipinski definition) is 13. The van der Waals surface area contributed by atoms with Crippen molar-refractivity contribution in [1.82, 2.24) is 4.90 Å². The maximum Gasteiger partial charge on any atom is 0.329 e. The molecule has 380 valence electrons. The quantitative estimate of drug-likeness (QED) is 0.0961. The van der Waals surface area contributed by atoms with E-state index in [1.165, 1.54) is 26.0 Å². The molecule has 0 aromatic rings. The minimum Gasteiger partial charge on any atom is -0.462 e. The van der Waals surface area contributed by atoms with Gasteiger partial charge in [0.2, 0.25) is 5.79 Å². The predicted octanol–water partition coefficient (Wildman–Crippen LogP) is 8.24. The summed E-state index contributed by atoms with van der Waals surface area (Å²) in [6.45, 7) is 25.8. The molecular weight excluding hydrogens is 875 g/mol. The summed E-state index contributed by atoms with van der Waals surface area (Å²) in [7, 11) is 2.67. The van der Waals surface area contributed by atoms with Crippen LogP contribution in [0.3, 0.4) is 0 Å². The number of Topliss-reactive ketones (excluding diaryl/α,β-unsaturated/α-hetero) is 2. The van der Waals surface area contributed by atoms with Gasteiger partial charge in [-0.05, 0) is 114 Å². The van der Waals surface area contributed by atoms with Gasteiger partial charge >= 0.3 is 11.9 Å². The lowest BCUT2D eigenvalue weighted by molar-refractivity contribution is -0.302. The zero-order valence-corrected chi connectivity index (χ0v) is 44.2. The number of amides is 1. The average molecular weight is 960 g/mol. The number of carbonyl (C=O) groups is 5. The Hall–Kier alpha value is -3.05. The normalized spacial score (nSPS) is 37.1. The Morgan fingerprint density at radius 2 is 1.55 bits per heavy atom. The number of carbonyl (C=O) groups excluding carboxylic acids is 5. The highest BCUT2D eigenvalue weighted by atomic mass is 28.4. The number of methoxy groups -OCH3 is 3. The number of allylic oxidation sites excluding steroid dienone is 4. The molecule has 14 unspecified atom stereocenters. The first-order valence-electron chi connectivity index (χ1n) is 24.7. The summed E-state index contributed by atoms with van der Waals surface area (Å²) in [5, 5.41) is 12.2. The first kappa shape index (κ1) is 56.5. The third-order valence-electron chi connectivity index (χ3n) is 15.4. The van der Waals surface area contributed by atoms with Gasteiger partial charge < -0.3 is 42.9 Å². The number of piperidine rings is 1. The molecule has 4 aliphatic rings. The fraction of sp³-hybridized carbons (Fsp3) is 0.788. The molecule has 3 fully saturated rings. The second-order valence-electron chi connectivity index (χ2n) is 21.7. The van der Waals surface area contributed by atoms with Crippen molar-refractivity contribution in [2.75, 3.05) is 27.9 Å². The van der Waals surface area contributed by atoms with Gasteiger partial charge in [0.05, 0.1) is 24.4 Å². The van der Waals surface area contributed by atoms with E-state index in [2.05, 4.69) is 46.5 Å². The van der Waals surface area contributed by atoms with Gasteiger partial charge in [0.1, 0.15) is 30.1 Å². The van der Waals surface area contributed by atoms with Crippen molar-refractivity contribution in [3.05, 3.63) is 36.0 Å². The Labute approximate surface area is 402 Å². The van der Waals surface area contributed by atoms with Crippen molar-refractivity contribution >= 4 is 37.7 Å². The summed E-state index contributed by atoms with van der Waals surface area (Å²) in [5.41, 5.74) is 1.64. The van der Waals surface area contributed by atoms with Crippen molar-refractivity contribution in [2.24, 2.45) is 29.6 Å². The lowest BCUT2D eigenvalue weighted by atomic mass is 9.81. The number of rotatable bonds is 10. The molecule has 0 aromatic heterocycles. The van der Waals surface area contributed by atoms with Crippen LogP contribution in [0.1, 0.15) is 133 Å². The second-order valence-corrected chi connectivity index (χ2v) is 26.5. The van der Waals surface area contributed by atoms with Crippen LogP contribution in [0.15, 0.2) is 36.0 Å². The number of nitrogens with zero attached hydrogens (tertiary/aromatic N) is 1. The molecule has 2 bridgehead atoms. The highest BCUT2D eigenvalue weighted by molar-refractivity contribution is 6.74. The van der Waals surface area contributed by atoms with E-state index in [1.807, 2.05) is 26.8 Å². The van der Waals surface area contributed by atoms with Crippen molar-refractivity contribution in [2.45, 2.75) is 206 Å². The van der Waals surface area contributed by atoms with Gasteiger partial charge in [0, 0.05) is 59.0 Å². The van der Waals surface area contributed by atoms with Gasteiger partial charge in [0.15, 0.2) is 8.32 Å². The maximum absolute atomic E-state index is 14.7. The van der Waals surface area contributed by atoms with Gasteiger partial charge in [-0.3, -0.25) is 19.2 Å². The highest BCUT2D eigenvalue weighted by Gasteiger charge is 2.57. The number of esters is 2. The van der Waals surface area contributed by atoms with E-state index in [9.17, 15) is 29.1 Å². The molecule has 4 rings (SSSR count). The van der Waals surface area contributed by atoms with Crippen LogP contribution in [0.2, 0.25) is 18.1 Å². The standard InChI is InChI=1S/C52H85NO13Si/c1-16-19-38-25-31(2)24-32(3)26-44(61-12)47-45(62-13)28-34(5)52(59,65-47)48(56)49(57)53-23-18-17-20-39(53)50(58)64-46(35(6)42(30-40(38)55)63-36(7)54)33(4)27-37-21-22-41(43(29-37)60-11)66-67(14,15)51(8,9)10/h16,25,27,32,34-35,37-39,41-47,59H,1,17-24,26,28-30H2,2-15H3/b31-25+,33-27?. The Bertz CT molecular complexity index is 1810. The minimum absolute atomic E-state index is 0.0128. The number of ether oxygens (including phenoxy) is 6. The zero-order chi connectivity index (χ0) is 50.2. The number of aliphatic hydroxyl groups is 1. The van der Waals surface area contributed by atoms with E-state index in [0.717, 1.165) is 18.4 Å². The van der Waals surface area contributed by atoms with E-state index in [4.69, 9.17) is 32.8 Å². The van der Waals surface area contributed by atoms with Crippen LogP contribution in [0.5, 0.6) is 0 Å². The lowest BCUT2D eigenvalue weighted by Crippen LogP contribution is -2.64. The number of ketones is 2. The molecule has 0 spiro atoms. The largest absolute Gasteiger partial charge is 0.462 e. The molecule has 1 amide bonds. The predicted molar refractivity (Wildman–Crippen MR) is 258 cm³/mol. The highest BCUT2D eigenvalue weighted by Crippen LogP contribution is 2.42. The third-order valence-corrected chi connectivity index (χ3v) is 19.9. The van der Waals surface area contributed by atoms with Crippen molar-refractivity contribution in [3.63, 3.8) is 0 Å². The summed E-state index contributed by atoms with van der Waals surface area (Å²) in [6, 6.07) is -1.17. The molecular formula is C52H85NO13Si. The lowest BCUT2D eigenvalue weighted by Gasteiger charge is -2.47. The van der Waals surface area contributed by atoms with Crippen molar-refractivity contribution in [1.29, 1.82) is 0 Å². The molecule has 1 aliphatic carbocycles. The zero-order valence-electron chi connectivity index (χ0n) is 43.2. The summed E-state index contributed by atoms with van der Waals surface area (Å²) in [4.78, 5) is 72.1. The average Bonchev–Trinajstić information content (AvgIpc) is 3.26. The maximum atomic E-state index is 14.7. The molecule has 14 atom stereocenters. The molecule has 1 saturated carbocycles. The third kappa shape index (κ3) is 14.1. The fourth-order valence-electron chi connectivity index (χ4n) is 10.4.